The van der Waals surface area contributed by atoms with Gasteiger partial charge in [0.1, 0.15) is 0 Å². The lowest BCUT2D eigenvalue weighted by molar-refractivity contribution is -0.0864. The van der Waals surface area contributed by atoms with E-state index in [1.807, 2.05) is 6.07 Å². The van der Waals surface area contributed by atoms with Crippen LogP contribution in [0.25, 0.3) is 0 Å². The van der Waals surface area contributed by atoms with Crippen LogP contribution in [0.5, 0.6) is 0 Å². The first-order valence-corrected chi connectivity index (χ1v) is 6.79. The molecule has 0 saturated carbocycles. The summed E-state index contributed by atoms with van der Waals surface area (Å²) in [5.74, 6) is 0. The van der Waals surface area contributed by atoms with Crippen molar-refractivity contribution in [3.8, 4) is 0 Å². The third-order valence-corrected chi connectivity index (χ3v) is 3.99. The van der Waals surface area contributed by atoms with Crippen LogP contribution in [-0.2, 0) is 4.74 Å². The number of nitrogens with one attached hydrogen (secondary N) is 1. The van der Waals surface area contributed by atoms with Gasteiger partial charge in [0.2, 0.25) is 0 Å². The topological polar surface area (TPSA) is 60.2 Å². The van der Waals surface area contributed by atoms with Gasteiger partial charge in [0.25, 0.3) is 0 Å². The zero-order valence-electron chi connectivity index (χ0n) is 11.3. The first kappa shape index (κ1) is 13.1. The Kier molecular flexibility index (Phi) is 4.07. The van der Waals surface area contributed by atoms with E-state index in [1.54, 1.807) is 12.4 Å². The normalized spacial score (nSPS) is 22.7. The molecule has 2 heterocycles. The zero-order valence-corrected chi connectivity index (χ0v) is 11.3. The van der Waals surface area contributed by atoms with Gasteiger partial charge in [0.05, 0.1) is 23.2 Å². The smallest absolute Gasteiger partial charge is 0.0736 e. The Morgan fingerprint density at radius 3 is 2.94 bits per heavy atom. The van der Waals surface area contributed by atoms with Gasteiger partial charge in [-0.05, 0) is 31.7 Å². The van der Waals surface area contributed by atoms with Gasteiger partial charge in [-0.25, -0.2) is 0 Å². The molecular formula is C14H23N3O. The second-order valence-corrected chi connectivity index (χ2v) is 5.04. The van der Waals surface area contributed by atoms with Crippen molar-refractivity contribution in [3.05, 3.63) is 18.5 Å². The third kappa shape index (κ3) is 2.75. The van der Waals surface area contributed by atoms with Gasteiger partial charge >= 0.3 is 0 Å². The van der Waals surface area contributed by atoms with Crippen molar-refractivity contribution in [3.63, 3.8) is 0 Å². The van der Waals surface area contributed by atoms with Crippen molar-refractivity contribution in [1.82, 2.24) is 4.98 Å². The first-order chi connectivity index (χ1) is 8.69. The molecule has 4 nitrogen and oxygen atoms in total. The van der Waals surface area contributed by atoms with Crippen LogP contribution in [0, 0.1) is 0 Å². The van der Waals surface area contributed by atoms with E-state index in [2.05, 4.69) is 24.1 Å². The molecule has 18 heavy (non-hydrogen) atoms. The van der Waals surface area contributed by atoms with Crippen molar-refractivity contribution >= 4 is 11.4 Å². The summed E-state index contributed by atoms with van der Waals surface area (Å²) in [6, 6.07) is 2.37. The number of nitrogens with two attached hydrogens (primary N) is 1. The van der Waals surface area contributed by atoms with Gasteiger partial charge in [-0.1, -0.05) is 13.8 Å². The van der Waals surface area contributed by atoms with Crippen LogP contribution in [0.15, 0.2) is 18.5 Å². The van der Waals surface area contributed by atoms with Crippen LogP contribution < -0.4 is 11.1 Å². The van der Waals surface area contributed by atoms with Crippen LogP contribution in [0.2, 0.25) is 0 Å². The number of aromatic nitrogens is 1. The molecular weight excluding hydrogens is 226 g/mol. The first-order valence-electron chi connectivity index (χ1n) is 6.79. The summed E-state index contributed by atoms with van der Waals surface area (Å²) in [6.45, 7) is 5.23. The molecule has 1 aromatic heterocycles. The summed E-state index contributed by atoms with van der Waals surface area (Å²) >= 11 is 0. The zero-order chi connectivity index (χ0) is 13.0. The molecule has 2 rings (SSSR count). The molecule has 1 aliphatic heterocycles. The number of nitrogens with zero attached hydrogens (tertiary/aromatic N) is 1. The molecule has 0 bridgehead atoms. The Balaban J connectivity index is 2.04. The molecule has 0 spiro atoms. The maximum atomic E-state index is 5.98. The van der Waals surface area contributed by atoms with Gasteiger partial charge < -0.3 is 15.8 Å². The minimum Gasteiger partial charge on any atom is -0.396 e. The van der Waals surface area contributed by atoms with Crippen molar-refractivity contribution in [2.75, 3.05) is 17.7 Å². The Labute approximate surface area is 109 Å². The minimum atomic E-state index is 0.0394. The Bertz CT molecular complexity index is 390. The quantitative estimate of drug-likeness (QED) is 0.861. The van der Waals surface area contributed by atoms with Gasteiger partial charge in [-0.2, -0.15) is 0 Å². The third-order valence-electron chi connectivity index (χ3n) is 3.99. The lowest BCUT2D eigenvalue weighted by atomic mass is 9.86. The molecule has 1 unspecified atom stereocenters. The highest BCUT2D eigenvalue weighted by atomic mass is 16.5. The van der Waals surface area contributed by atoms with Crippen LogP contribution in [-0.4, -0.2) is 23.2 Å². The SMILES string of the molecule is CCC1(CC)CC(Nc2ccncc2N)CCO1. The maximum Gasteiger partial charge on any atom is 0.0736 e. The fourth-order valence-electron chi connectivity index (χ4n) is 2.65. The van der Waals surface area contributed by atoms with Crippen molar-refractivity contribution in [2.45, 2.75) is 51.2 Å². The maximum absolute atomic E-state index is 5.98. The Morgan fingerprint density at radius 2 is 2.28 bits per heavy atom. The Hall–Kier alpha value is -1.29. The molecule has 1 atom stereocenters. The van der Waals surface area contributed by atoms with Crippen LogP contribution in [0.1, 0.15) is 39.5 Å². The minimum absolute atomic E-state index is 0.0394. The van der Waals surface area contributed by atoms with E-state index in [0.29, 0.717) is 11.7 Å². The van der Waals surface area contributed by atoms with E-state index in [1.165, 1.54) is 0 Å². The van der Waals surface area contributed by atoms with E-state index in [9.17, 15) is 0 Å². The number of anilines is 2. The molecule has 0 amide bonds. The lowest BCUT2D eigenvalue weighted by Gasteiger charge is -2.40. The monoisotopic (exact) mass is 249 g/mol. The number of nitrogen functional groups attached to an aromatic ring is 1. The molecule has 0 radical (unpaired) electrons. The van der Waals surface area contributed by atoms with Gasteiger partial charge in [-0.3, -0.25) is 4.98 Å². The fraction of sp³-hybridized carbons (Fsp3) is 0.643. The Morgan fingerprint density at radius 1 is 1.50 bits per heavy atom. The highest BCUT2D eigenvalue weighted by Gasteiger charge is 2.34. The summed E-state index contributed by atoms with van der Waals surface area (Å²) < 4.78 is 5.98. The highest BCUT2D eigenvalue weighted by Crippen LogP contribution is 2.33. The number of pyridine rings is 1. The van der Waals surface area contributed by atoms with Gasteiger partial charge in [0, 0.05) is 18.8 Å². The number of hydrogen-bond acceptors (Lipinski definition) is 4. The average Bonchev–Trinajstić information content (AvgIpc) is 2.41. The predicted molar refractivity (Wildman–Crippen MR) is 74.6 cm³/mol. The van der Waals surface area contributed by atoms with Crippen molar-refractivity contribution < 1.29 is 4.74 Å². The highest BCUT2D eigenvalue weighted by molar-refractivity contribution is 5.64. The number of ether oxygens (including phenoxy) is 1. The molecule has 1 saturated heterocycles. The molecule has 1 aromatic rings. The van der Waals surface area contributed by atoms with E-state index in [-0.39, 0.29) is 5.60 Å². The predicted octanol–water partition coefficient (Wildman–Crippen LogP) is 2.81. The summed E-state index contributed by atoms with van der Waals surface area (Å²) in [7, 11) is 0. The molecule has 100 valence electrons. The molecule has 0 aliphatic carbocycles. The van der Waals surface area contributed by atoms with Crippen LogP contribution in [0.3, 0.4) is 0 Å². The second-order valence-electron chi connectivity index (χ2n) is 5.04. The molecule has 1 fully saturated rings. The van der Waals surface area contributed by atoms with Crippen molar-refractivity contribution in [1.29, 1.82) is 0 Å². The second kappa shape index (κ2) is 5.57. The van der Waals surface area contributed by atoms with Crippen LogP contribution >= 0.6 is 0 Å². The van der Waals surface area contributed by atoms with Crippen molar-refractivity contribution in [2.24, 2.45) is 0 Å². The molecule has 1 aliphatic rings. The standard InChI is InChI=1S/C14H23N3O/c1-3-14(4-2)9-11(6-8-18-14)17-13-5-7-16-10-12(13)15/h5,7,10-11H,3-4,6,8-9,15H2,1-2H3,(H,16,17). The lowest BCUT2D eigenvalue weighted by Crippen LogP contribution is -2.43. The molecule has 4 heteroatoms. The summed E-state index contributed by atoms with van der Waals surface area (Å²) in [4.78, 5) is 4.01. The molecule has 3 N–H and O–H groups in total. The van der Waals surface area contributed by atoms with E-state index < -0.39 is 0 Å². The summed E-state index contributed by atoms with van der Waals surface area (Å²) in [5, 5.41) is 3.53. The average molecular weight is 249 g/mol. The van der Waals surface area contributed by atoms with Gasteiger partial charge in [-0.15, -0.1) is 0 Å². The fourth-order valence-corrected chi connectivity index (χ4v) is 2.65. The van der Waals surface area contributed by atoms with E-state index in [4.69, 9.17) is 10.5 Å². The summed E-state index contributed by atoms with van der Waals surface area (Å²) in [6.07, 6.45) is 7.66. The number of hydrogen-bond donors (Lipinski definition) is 2. The number of rotatable bonds is 4. The van der Waals surface area contributed by atoms with Gasteiger partial charge in [0.15, 0.2) is 0 Å². The van der Waals surface area contributed by atoms with E-state index >= 15 is 0 Å². The largest absolute Gasteiger partial charge is 0.396 e. The van der Waals surface area contributed by atoms with Crippen LogP contribution in [0.4, 0.5) is 11.4 Å². The molecule has 0 aromatic carbocycles. The summed E-state index contributed by atoms with van der Waals surface area (Å²) in [5.41, 5.74) is 7.65. The van der Waals surface area contributed by atoms with E-state index in [0.717, 1.165) is 38.0 Å².